The number of anilines is 3. The van der Waals surface area contributed by atoms with Crippen LogP contribution in [0, 0.1) is 13.8 Å². The molecule has 1 saturated heterocycles. The molecule has 0 unspecified atom stereocenters. The lowest BCUT2D eigenvalue weighted by Crippen LogP contribution is -2.50. The molecule has 3 aromatic rings. The summed E-state index contributed by atoms with van der Waals surface area (Å²) in [6.07, 6.45) is 0. The van der Waals surface area contributed by atoms with E-state index in [2.05, 4.69) is 34.3 Å². The standard InChI is InChI=1S/C25H29N5O2/c1-19-8-10-22(11-9-19)27-23-16-20(2)26-25(28-23)30-14-12-29(13-15-30)24(31)18-32-17-21-6-4-3-5-7-21/h3-11,16H,12-15,17-18H2,1-2H3,(H,26,27,28). The van der Waals surface area contributed by atoms with Gasteiger partial charge in [0.25, 0.3) is 0 Å². The first-order chi connectivity index (χ1) is 15.6. The second kappa shape index (κ2) is 10.2. The van der Waals surface area contributed by atoms with Gasteiger partial charge < -0.3 is 19.9 Å². The normalized spacial score (nSPS) is 13.8. The average molecular weight is 432 g/mol. The van der Waals surface area contributed by atoms with Crippen LogP contribution in [0.4, 0.5) is 17.5 Å². The molecule has 2 aromatic carbocycles. The van der Waals surface area contributed by atoms with E-state index in [1.54, 1.807) is 0 Å². The van der Waals surface area contributed by atoms with E-state index < -0.39 is 0 Å². The summed E-state index contributed by atoms with van der Waals surface area (Å²) in [5.41, 5.74) is 4.17. The van der Waals surface area contributed by atoms with Crippen LogP contribution in [0.3, 0.4) is 0 Å². The number of hydrogen-bond acceptors (Lipinski definition) is 6. The van der Waals surface area contributed by atoms with Crippen molar-refractivity contribution in [3.63, 3.8) is 0 Å². The number of carbonyl (C=O) groups is 1. The summed E-state index contributed by atoms with van der Waals surface area (Å²) in [5, 5.41) is 3.36. The molecule has 0 bridgehead atoms. The van der Waals surface area contributed by atoms with Gasteiger partial charge >= 0.3 is 0 Å². The Kier molecular flexibility index (Phi) is 6.97. The Morgan fingerprint density at radius 1 is 0.969 bits per heavy atom. The number of aromatic nitrogens is 2. The molecular formula is C25H29N5O2. The van der Waals surface area contributed by atoms with Crippen molar-refractivity contribution in [2.24, 2.45) is 0 Å². The van der Waals surface area contributed by atoms with Crippen LogP contribution in [-0.4, -0.2) is 53.6 Å². The molecule has 7 heteroatoms. The maximum atomic E-state index is 12.5. The fourth-order valence-corrected chi connectivity index (χ4v) is 3.62. The summed E-state index contributed by atoms with van der Waals surface area (Å²) >= 11 is 0. The summed E-state index contributed by atoms with van der Waals surface area (Å²) in [7, 11) is 0. The van der Waals surface area contributed by atoms with Crippen molar-refractivity contribution in [2.45, 2.75) is 20.5 Å². The Morgan fingerprint density at radius 2 is 1.69 bits per heavy atom. The summed E-state index contributed by atoms with van der Waals surface area (Å²) in [6, 6.07) is 20.0. The first kappa shape index (κ1) is 21.8. The fraction of sp³-hybridized carbons (Fsp3) is 0.320. The van der Waals surface area contributed by atoms with Crippen molar-refractivity contribution >= 4 is 23.4 Å². The minimum absolute atomic E-state index is 0.0208. The van der Waals surface area contributed by atoms with Crippen molar-refractivity contribution < 1.29 is 9.53 Å². The second-order valence-electron chi connectivity index (χ2n) is 8.03. The zero-order valence-corrected chi connectivity index (χ0v) is 18.6. The number of ether oxygens (including phenoxy) is 1. The zero-order chi connectivity index (χ0) is 22.3. The van der Waals surface area contributed by atoms with Gasteiger partial charge in [0.2, 0.25) is 11.9 Å². The Hall–Kier alpha value is -3.45. The first-order valence-corrected chi connectivity index (χ1v) is 10.9. The smallest absolute Gasteiger partial charge is 0.248 e. The maximum absolute atomic E-state index is 12.5. The molecule has 0 aliphatic carbocycles. The molecule has 7 nitrogen and oxygen atoms in total. The topological polar surface area (TPSA) is 70.6 Å². The number of nitrogens with zero attached hydrogens (tertiary/aromatic N) is 4. The van der Waals surface area contributed by atoms with E-state index >= 15 is 0 Å². The van der Waals surface area contributed by atoms with Crippen LogP contribution >= 0.6 is 0 Å². The second-order valence-corrected chi connectivity index (χ2v) is 8.03. The summed E-state index contributed by atoms with van der Waals surface area (Å²) < 4.78 is 5.60. The van der Waals surface area contributed by atoms with Crippen molar-refractivity contribution in [1.82, 2.24) is 14.9 Å². The van der Waals surface area contributed by atoms with E-state index in [0.29, 0.717) is 38.7 Å². The molecule has 0 spiro atoms. The van der Waals surface area contributed by atoms with Gasteiger partial charge in [-0.25, -0.2) is 4.98 Å². The quantitative estimate of drug-likeness (QED) is 0.615. The third kappa shape index (κ3) is 5.82. The van der Waals surface area contributed by atoms with Crippen LogP contribution in [0.25, 0.3) is 0 Å². The van der Waals surface area contributed by atoms with Crippen molar-refractivity contribution in [3.05, 3.63) is 77.5 Å². The van der Waals surface area contributed by atoms with Crippen LogP contribution in [0.15, 0.2) is 60.7 Å². The van der Waals surface area contributed by atoms with Crippen LogP contribution in [0.2, 0.25) is 0 Å². The molecule has 1 N–H and O–H groups in total. The Bertz CT molecular complexity index is 1030. The number of benzene rings is 2. The van der Waals surface area contributed by atoms with Crippen molar-refractivity contribution in [3.8, 4) is 0 Å². The zero-order valence-electron chi connectivity index (χ0n) is 18.6. The number of rotatable bonds is 7. The average Bonchev–Trinajstić information content (AvgIpc) is 2.81. The third-order valence-electron chi connectivity index (χ3n) is 5.42. The van der Waals surface area contributed by atoms with Gasteiger partial charge in [0.1, 0.15) is 12.4 Å². The highest BCUT2D eigenvalue weighted by atomic mass is 16.5. The molecular weight excluding hydrogens is 402 g/mol. The van der Waals surface area contributed by atoms with Crippen LogP contribution in [-0.2, 0) is 16.1 Å². The Balaban J connectivity index is 1.30. The van der Waals surface area contributed by atoms with Gasteiger partial charge in [0, 0.05) is 43.6 Å². The molecule has 166 valence electrons. The van der Waals surface area contributed by atoms with E-state index in [4.69, 9.17) is 9.72 Å². The number of amides is 1. The van der Waals surface area contributed by atoms with E-state index in [0.717, 1.165) is 22.8 Å². The predicted octanol–water partition coefficient (Wildman–Crippen LogP) is 3.70. The minimum atomic E-state index is 0.0208. The molecule has 4 rings (SSSR count). The summed E-state index contributed by atoms with van der Waals surface area (Å²) in [6.45, 7) is 7.22. The largest absolute Gasteiger partial charge is 0.367 e. The number of aryl methyl sites for hydroxylation is 2. The third-order valence-corrected chi connectivity index (χ3v) is 5.42. The highest BCUT2D eigenvalue weighted by molar-refractivity contribution is 5.77. The molecule has 1 fully saturated rings. The SMILES string of the molecule is Cc1ccc(Nc2cc(C)nc(N3CCN(C(=O)COCc4ccccc4)CC3)n2)cc1. The number of carbonyl (C=O) groups excluding carboxylic acids is 1. The highest BCUT2D eigenvalue weighted by Crippen LogP contribution is 2.20. The Morgan fingerprint density at radius 3 is 2.41 bits per heavy atom. The lowest BCUT2D eigenvalue weighted by atomic mass is 10.2. The lowest BCUT2D eigenvalue weighted by Gasteiger charge is -2.35. The van der Waals surface area contributed by atoms with Gasteiger partial charge in [-0.3, -0.25) is 4.79 Å². The van der Waals surface area contributed by atoms with Gasteiger partial charge in [-0.1, -0.05) is 48.0 Å². The van der Waals surface area contributed by atoms with Crippen LogP contribution < -0.4 is 10.2 Å². The van der Waals surface area contributed by atoms with Gasteiger partial charge in [-0.2, -0.15) is 4.98 Å². The molecule has 1 amide bonds. The molecule has 1 aliphatic heterocycles. The molecule has 2 heterocycles. The highest BCUT2D eigenvalue weighted by Gasteiger charge is 2.23. The molecule has 32 heavy (non-hydrogen) atoms. The molecule has 1 aliphatic rings. The Labute approximate surface area is 189 Å². The maximum Gasteiger partial charge on any atom is 0.248 e. The summed E-state index contributed by atoms with van der Waals surface area (Å²) in [5.74, 6) is 1.48. The summed E-state index contributed by atoms with van der Waals surface area (Å²) in [4.78, 5) is 25.8. The monoisotopic (exact) mass is 431 g/mol. The van der Waals surface area contributed by atoms with E-state index in [-0.39, 0.29) is 12.5 Å². The predicted molar refractivity (Wildman–Crippen MR) is 126 cm³/mol. The van der Waals surface area contributed by atoms with Crippen LogP contribution in [0.1, 0.15) is 16.8 Å². The molecule has 0 atom stereocenters. The van der Waals surface area contributed by atoms with E-state index in [1.807, 2.05) is 60.4 Å². The fourth-order valence-electron chi connectivity index (χ4n) is 3.62. The van der Waals surface area contributed by atoms with E-state index in [9.17, 15) is 4.79 Å². The molecule has 1 aromatic heterocycles. The lowest BCUT2D eigenvalue weighted by molar-refractivity contribution is -0.136. The van der Waals surface area contributed by atoms with Gasteiger partial charge in [0.05, 0.1) is 6.61 Å². The van der Waals surface area contributed by atoms with Gasteiger partial charge in [0.15, 0.2) is 0 Å². The number of piperazine rings is 1. The van der Waals surface area contributed by atoms with Crippen LogP contribution in [0.5, 0.6) is 0 Å². The number of hydrogen-bond donors (Lipinski definition) is 1. The van der Waals surface area contributed by atoms with Crippen molar-refractivity contribution in [2.75, 3.05) is 43.0 Å². The minimum Gasteiger partial charge on any atom is -0.367 e. The number of nitrogens with one attached hydrogen (secondary N) is 1. The van der Waals surface area contributed by atoms with Gasteiger partial charge in [-0.15, -0.1) is 0 Å². The molecule has 0 saturated carbocycles. The first-order valence-electron chi connectivity index (χ1n) is 10.9. The van der Waals surface area contributed by atoms with Gasteiger partial charge in [-0.05, 0) is 31.5 Å². The molecule has 0 radical (unpaired) electrons. The van der Waals surface area contributed by atoms with Crippen molar-refractivity contribution in [1.29, 1.82) is 0 Å². The van der Waals surface area contributed by atoms with E-state index in [1.165, 1.54) is 5.56 Å².